The molecule has 0 saturated carbocycles. The van der Waals surface area contributed by atoms with E-state index in [1.54, 1.807) is 23.1 Å². The van der Waals surface area contributed by atoms with Gasteiger partial charge in [0.1, 0.15) is 0 Å². The summed E-state index contributed by atoms with van der Waals surface area (Å²) < 4.78 is 1.05. The van der Waals surface area contributed by atoms with E-state index in [0.29, 0.717) is 0 Å². The van der Waals surface area contributed by atoms with Crippen LogP contribution in [0.3, 0.4) is 0 Å². The normalized spacial score (nSPS) is 12.6. The van der Waals surface area contributed by atoms with Gasteiger partial charge in [-0.15, -0.1) is 11.3 Å². The molecule has 0 saturated heterocycles. The molecule has 0 aliphatic carbocycles. The van der Waals surface area contributed by atoms with Gasteiger partial charge in [-0.05, 0) is 24.1 Å². The number of aromatic nitrogens is 1. The highest BCUT2D eigenvalue weighted by Crippen LogP contribution is 2.30. The van der Waals surface area contributed by atoms with Crippen molar-refractivity contribution in [1.82, 2.24) is 4.98 Å². The van der Waals surface area contributed by atoms with E-state index in [1.807, 2.05) is 42.8 Å². The standard InChI is InChI=1S/C12H13NOS2/c1-2-11(14)9-3-5-10(6-4-9)16-12-13-7-8-15-12/h3-8,11,14H,2H2,1H3. The first-order valence-corrected chi connectivity index (χ1v) is 6.84. The first kappa shape index (κ1) is 11.6. The third-order valence-corrected chi connectivity index (χ3v) is 4.16. The molecule has 0 radical (unpaired) electrons. The van der Waals surface area contributed by atoms with Crippen LogP contribution in [0, 0.1) is 0 Å². The monoisotopic (exact) mass is 251 g/mol. The highest BCUT2D eigenvalue weighted by atomic mass is 32.2. The lowest BCUT2D eigenvalue weighted by atomic mass is 10.1. The number of benzene rings is 1. The zero-order chi connectivity index (χ0) is 11.4. The number of nitrogens with zero attached hydrogens (tertiary/aromatic N) is 1. The van der Waals surface area contributed by atoms with Crippen LogP contribution >= 0.6 is 23.1 Å². The summed E-state index contributed by atoms with van der Waals surface area (Å²) in [5.41, 5.74) is 0.978. The molecule has 1 N–H and O–H groups in total. The van der Waals surface area contributed by atoms with Gasteiger partial charge in [-0.1, -0.05) is 30.8 Å². The van der Waals surface area contributed by atoms with Gasteiger partial charge in [0.15, 0.2) is 4.34 Å². The molecule has 16 heavy (non-hydrogen) atoms. The van der Waals surface area contributed by atoms with Gasteiger partial charge < -0.3 is 5.11 Å². The number of aliphatic hydroxyl groups excluding tert-OH is 1. The van der Waals surface area contributed by atoms with Crippen molar-refractivity contribution in [3.8, 4) is 0 Å². The van der Waals surface area contributed by atoms with Crippen molar-refractivity contribution in [2.45, 2.75) is 28.7 Å². The fourth-order valence-corrected chi connectivity index (χ4v) is 2.95. The lowest BCUT2D eigenvalue weighted by molar-refractivity contribution is 0.173. The summed E-state index contributed by atoms with van der Waals surface area (Å²) in [7, 11) is 0. The van der Waals surface area contributed by atoms with Crippen LogP contribution < -0.4 is 0 Å². The molecule has 1 heterocycles. The second-order valence-electron chi connectivity index (χ2n) is 3.39. The van der Waals surface area contributed by atoms with Crippen LogP contribution in [0.2, 0.25) is 0 Å². The van der Waals surface area contributed by atoms with Gasteiger partial charge in [0, 0.05) is 16.5 Å². The Labute approximate surface area is 103 Å². The predicted octanol–water partition coefficient (Wildman–Crippen LogP) is 3.74. The van der Waals surface area contributed by atoms with Crippen molar-refractivity contribution in [2.24, 2.45) is 0 Å². The lowest BCUT2D eigenvalue weighted by Gasteiger charge is -2.08. The highest BCUT2D eigenvalue weighted by molar-refractivity contribution is 8.01. The van der Waals surface area contributed by atoms with Gasteiger partial charge in [0.25, 0.3) is 0 Å². The van der Waals surface area contributed by atoms with Crippen LogP contribution in [0.5, 0.6) is 0 Å². The van der Waals surface area contributed by atoms with E-state index in [0.717, 1.165) is 21.2 Å². The summed E-state index contributed by atoms with van der Waals surface area (Å²) in [5.74, 6) is 0. The van der Waals surface area contributed by atoms with Gasteiger partial charge >= 0.3 is 0 Å². The van der Waals surface area contributed by atoms with E-state index in [9.17, 15) is 5.11 Å². The van der Waals surface area contributed by atoms with Gasteiger partial charge in [-0.25, -0.2) is 4.98 Å². The van der Waals surface area contributed by atoms with Crippen molar-refractivity contribution in [1.29, 1.82) is 0 Å². The van der Waals surface area contributed by atoms with E-state index >= 15 is 0 Å². The van der Waals surface area contributed by atoms with E-state index in [4.69, 9.17) is 0 Å². The molecule has 1 atom stereocenters. The van der Waals surface area contributed by atoms with Crippen molar-refractivity contribution in [3.05, 3.63) is 41.4 Å². The van der Waals surface area contributed by atoms with Crippen molar-refractivity contribution in [2.75, 3.05) is 0 Å². The van der Waals surface area contributed by atoms with Crippen molar-refractivity contribution < 1.29 is 5.11 Å². The van der Waals surface area contributed by atoms with Crippen molar-refractivity contribution in [3.63, 3.8) is 0 Å². The summed E-state index contributed by atoms with van der Waals surface area (Å²) >= 11 is 3.28. The van der Waals surface area contributed by atoms with Gasteiger partial charge in [0.2, 0.25) is 0 Å². The maximum Gasteiger partial charge on any atom is 0.154 e. The number of hydrogen-bond donors (Lipinski definition) is 1. The zero-order valence-electron chi connectivity index (χ0n) is 8.96. The van der Waals surface area contributed by atoms with Crippen LogP contribution in [0.15, 0.2) is 45.1 Å². The summed E-state index contributed by atoms with van der Waals surface area (Å²) in [6.45, 7) is 1.98. The molecular formula is C12H13NOS2. The largest absolute Gasteiger partial charge is 0.388 e. The molecule has 1 aromatic heterocycles. The lowest BCUT2D eigenvalue weighted by Crippen LogP contribution is -1.93. The number of thiazole rings is 1. The van der Waals surface area contributed by atoms with Gasteiger partial charge in [0.05, 0.1) is 6.10 Å². The minimum atomic E-state index is -0.348. The number of aliphatic hydroxyl groups is 1. The maximum atomic E-state index is 9.66. The Hall–Kier alpha value is -0.840. The van der Waals surface area contributed by atoms with Gasteiger partial charge in [-0.2, -0.15) is 0 Å². The molecule has 4 heteroatoms. The average Bonchev–Trinajstić information content (AvgIpc) is 2.82. The predicted molar refractivity (Wildman–Crippen MR) is 67.9 cm³/mol. The SMILES string of the molecule is CCC(O)c1ccc(Sc2nccs2)cc1. The van der Waals surface area contributed by atoms with E-state index < -0.39 is 0 Å². The minimum Gasteiger partial charge on any atom is -0.388 e. The second-order valence-corrected chi connectivity index (χ2v) is 5.61. The van der Waals surface area contributed by atoms with Crippen molar-refractivity contribution >= 4 is 23.1 Å². The molecule has 0 amide bonds. The second kappa shape index (κ2) is 5.48. The molecule has 1 aromatic carbocycles. The summed E-state index contributed by atoms with van der Waals surface area (Å²) in [5, 5.41) is 11.6. The number of rotatable bonds is 4. The molecule has 0 bridgehead atoms. The molecule has 84 valence electrons. The molecule has 2 aromatic rings. The fourth-order valence-electron chi connectivity index (χ4n) is 1.36. The fraction of sp³-hybridized carbons (Fsp3) is 0.250. The highest BCUT2D eigenvalue weighted by Gasteiger charge is 2.05. The maximum absolute atomic E-state index is 9.66. The summed E-state index contributed by atoms with van der Waals surface area (Å²) in [6.07, 6.45) is 2.21. The Morgan fingerprint density at radius 1 is 1.38 bits per heavy atom. The van der Waals surface area contributed by atoms with Crippen LogP contribution in [0.25, 0.3) is 0 Å². The molecule has 0 spiro atoms. The molecule has 1 unspecified atom stereocenters. The molecule has 0 fully saturated rings. The third kappa shape index (κ3) is 2.84. The number of hydrogen-bond acceptors (Lipinski definition) is 4. The summed E-state index contributed by atoms with van der Waals surface area (Å²) in [4.78, 5) is 5.37. The molecular weight excluding hydrogens is 238 g/mol. The van der Waals surface area contributed by atoms with Crippen LogP contribution in [0.4, 0.5) is 0 Å². The Morgan fingerprint density at radius 2 is 2.12 bits per heavy atom. The first-order chi connectivity index (χ1) is 7.79. The van der Waals surface area contributed by atoms with Crippen LogP contribution in [-0.4, -0.2) is 10.1 Å². The quantitative estimate of drug-likeness (QED) is 0.898. The van der Waals surface area contributed by atoms with E-state index in [2.05, 4.69) is 4.98 Å². The molecule has 0 aliphatic rings. The van der Waals surface area contributed by atoms with E-state index in [-0.39, 0.29) is 6.10 Å². The Balaban J connectivity index is 2.07. The molecule has 0 aliphatic heterocycles. The van der Waals surface area contributed by atoms with Crippen LogP contribution in [0.1, 0.15) is 25.0 Å². The van der Waals surface area contributed by atoms with Gasteiger partial charge in [-0.3, -0.25) is 0 Å². The Bertz CT molecular complexity index is 425. The zero-order valence-corrected chi connectivity index (χ0v) is 10.6. The average molecular weight is 251 g/mol. The topological polar surface area (TPSA) is 33.1 Å². The first-order valence-electron chi connectivity index (χ1n) is 5.15. The van der Waals surface area contributed by atoms with E-state index in [1.165, 1.54) is 0 Å². The Kier molecular flexibility index (Phi) is 3.98. The summed E-state index contributed by atoms with van der Waals surface area (Å²) in [6, 6.07) is 8.01. The van der Waals surface area contributed by atoms with Crippen LogP contribution in [-0.2, 0) is 0 Å². The third-order valence-electron chi connectivity index (χ3n) is 2.27. The molecule has 2 rings (SSSR count). The smallest absolute Gasteiger partial charge is 0.154 e. The molecule has 2 nitrogen and oxygen atoms in total. The minimum absolute atomic E-state index is 0.348. The Morgan fingerprint density at radius 3 is 2.69 bits per heavy atom.